The first-order valence-electron chi connectivity index (χ1n) is 4.55. The van der Waals surface area contributed by atoms with Crippen LogP contribution in [0.25, 0.3) is 0 Å². The zero-order valence-electron chi connectivity index (χ0n) is 6.55. The Bertz CT molecular complexity index is 238. The fraction of sp³-hybridized carbons (Fsp3) is 0.889. The summed E-state index contributed by atoms with van der Waals surface area (Å²) in [6, 6.07) is 0. The topological polar surface area (TPSA) is 43.1 Å². The van der Waals surface area contributed by atoms with Crippen molar-refractivity contribution < 1.29 is 4.79 Å². The van der Waals surface area contributed by atoms with Crippen LogP contribution in [0.2, 0.25) is 0 Å². The molecule has 0 aromatic rings. The summed E-state index contributed by atoms with van der Waals surface area (Å²) in [4.78, 5) is 11.2. The first-order chi connectivity index (χ1) is 5.25. The number of hydrogen-bond donors (Lipinski definition) is 1. The van der Waals surface area contributed by atoms with E-state index < -0.39 is 0 Å². The number of nitrogens with two attached hydrogens (primary N) is 1. The number of amides is 1. The third-order valence-corrected chi connectivity index (χ3v) is 4.29. The Morgan fingerprint density at radius 3 is 2.73 bits per heavy atom. The maximum Gasteiger partial charge on any atom is 0.224 e. The van der Waals surface area contributed by atoms with Crippen molar-refractivity contribution in [2.75, 3.05) is 0 Å². The predicted octanol–water partition coefficient (Wildman–Crippen LogP) is 0.908. The van der Waals surface area contributed by atoms with Crippen LogP contribution in [0, 0.1) is 23.2 Å². The molecule has 3 saturated carbocycles. The normalized spacial score (nSPS) is 57.6. The lowest BCUT2D eigenvalue weighted by Crippen LogP contribution is -2.31. The lowest BCUT2D eigenvalue weighted by atomic mass is 9.86. The molecule has 2 bridgehead atoms. The smallest absolute Gasteiger partial charge is 0.224 e. The minimum atomic E-state index is -0.00491. The largest absolute Gasteiger partial charge is 0.369 e. The molecule has 60 valence electrons. The SMILES string of the molecule is NC(=O)C12CC1C1CCC2C1. The van der Waals surface area contributed by atoms with E-state index in [1.807, 2.05) is 0 Å². The minimum absolute atomic E-state index is 0.00491. The third-order valence-electron chi connectivity index (χ3n) is 4.29. The second-order valence-electron chi connectivity index (χ2n) is 4.49. The number of hydrogen-bond acceptors (Lipinski definition) is 1. The van der Waals surface area contributed by atoms with Gasteiger partial charge in [0.2, 0.25) is 5.91 Å². The van der Waals surface area contributed by atoms with Gasteiger partial charge in [-0.1, -0.05) is 0 Å². The Morgan fingerprint density at radius 1 is 1.45 bits per heavy atom. The van der Waals surface area contributed by atoms with Crippen LogP contribution in [0.15, 0.2) is 0 Å². The molecule has 1 amide bonds. The molecule has 0 saturated heterocycles. The van der Waals surface area contributed by atoms with Crippen molar-refractivity contribution in [3.05, 3.63) is 0 Å². The Hall–Kier alpha value is -0.530. The van der Waals surface area contributed by atoms with Gasteiger partial charge in [0.25, 0.3) is 0 Å². The highest BCUT2D eigenvalue weighted by atomic mass is 16.1. The summed E-state index contributed by atoms with van der Waals surface area (Å²) in [6.45, 7) is 0. The number of carbonyl (C=O) groups excluding carboxylic acids is 1. The Labute approximate surface area is 66.1 Å². The van der Waals surface area contributed by atoms with Crippen LogP contribution in [-0.4, -0.2) is 5.91 Å². The molecule has 3 aliphatic carbocycles. The molecule has 3 rings (SSSR count). The van der Waals surface area contributed by atoms with Crippen LogP contribution in [0.1, 0.15) is 25.7 Å². The fourth-order valence-electron chi connectivity index (χ4n) is 3.70. The third kappa shape index (κ3) is 0.472. The molecule has 0 aromatic carbocycles. The summed E-state index contributed by atoms with van der Waals surface area (Å²) in [7, 11) is 0. The van der Waals surface area contributed by atoms with Crippen LogP contribution < -0.4 is 5.73 Å². The minimum Gasteiger partial charge on any atom is -0.369 e. The van der Waals surface area contributed by atoms with E-state index in [1.54, 1.807) is 0 Å². The standard InChI is InChI=1S/C9H13NO/c10-8(11)9-4-7(9)5-1-2-6(9)3-5/h5-7H,1-4H2,(H2,10,11). The first-order valence-corrected chi connectivity index (χ1v) is 4.55. The molecule has 0 radical (unpaired) electrons. The molecule has 11 heavy (non-hydrogen) atoms. The molecule has 4 unspecified atom stereocenters. The second-order valence-corrected chi connectivity index (χ2v) is 4.49. The highest BCUT2D eigenvalue weighted by Gasteiger charge is 2.72. The molecule has 0 spiro atoms. The highest BCUT2D eigenvalue weighted by molar-refractivity contribution is 5.85. The van der Waals surface area contributed by atoms with Gasteiger partial charge in [-0.2, -0.15) is 0 Å². The molecule has 3 aliphatic rings. The van der Waals surface area contributed by atoms with Crippen LogP contribution >= 0.6 is 0 Å². The summed E-state index contributed by atoms with van der Waals surface area (Å²) in [5.41, 5.74) is 5.44. The number of rotatable bonds is 1. The van der Waals surface area contributed by atoms with Gasteiger partial charge in [-0.15, -0.1) is 0 Å². The van der Waals surface area contributed by atoms with Gasteiger partial charge in [0.1, 0.15) is 0 Å². The molecule has 4 atom stereocenters. The molecular formula is C9H13NO. The summed E-state index contributed by atoms with van der Waals surface area (Å²) < 4.78 is 0. The van der Waals surface area contributed by atoms with E-state index in [1.165, 1.54) is 19.3 Å². The maximum absolute atomic E-state index is 11.2. The zero-order chi connectivity index (χ0) is 7.64. The van der Waals surface area contributed by atoms with Crippen LogP contribution in [0.5, 0.6) is 0 Å². The van der Waals surface area contributed by atoms with Crippen LogP contribution in [-0.2, 0) is 4.79 Å². The Kier molecular flexibility index (Phi) is 0.809. The second kappa shape index (κ2) is 1.47. The molecular weight excluding hydrogens is 138 g/mol. The summed E-state index contributed by atoms with van der Waals surface area (Å²) in [5, 5.41) is 0. The molecule has 2 heteroatoms. The van der Waals surface area contributed by atoms with Gasteiger partial charge >= 0.3 is 0 Å². The van der Waals surface area contributed by atoms with Gasteiger partial charge in [0.05, 0.1) is 5.41 Å². The first kappa shape index (κ1) is 6.04. The van der Waals surface area contributed by atoms with E-state index >= 15 is 0 Å². The number of carbonyl (C=O) groups is 1. The van der Waals surface area contributed by atoms with Gasteiger partial charge in [0.15, 0.2) is 0 Å². The van der Waals surface area contributed by atoms with Gasteiger partial charge in [0, 0.05) is 0 Å². The van der Waals surface area contributed by atoms with Gasteiger partial charge in [-0.25, -0.2) is 0 Å². The van der Waals surface area contributed by atoms with Gasteiger partial charge in [-0.3, -0.25) is 4.79 Å². The molecule has 2 nitrogen and oxygen atoms in total. The van der Waals surface area contributed by atoms with Crippen LogP contribution in [0.4, 0.5) is 0 Å². The predicted molar refractivity (Wildman–Crippen MR) is 40.6 cm³/mol. The molecule has 0 aromatic heterocycles. The zero-order valence-corrected chi connectivity index (χ0v) is 6.55. The summed E-state index contributed by atoms with van der Waals surface area (Å²) in [5.74, 6) is 2.25. The monoisotopic (exact) mass is 151 g/mol. The Balaban J connectivity index is 2.00. The Morgan fingerprint density at radius 2 is 2.27 bits per heavy atom. The van der Waals surface area contributed by atoms with Crippen LogP contribution in [0.3, 0.4) is 0 Å². The van der Waals surface area contributed by atoms with Crippen molar-refractivity contribution in [1.29, 1.82) is 0 Å². The van der Waals surface area contributed by atoms with E-state index in [0.717, 1.165) is 12.3 Å². The van der Waals surface area contributed by atoms with Gasteiger partial charge in [-0.05, 0) is 43.4 Å². The van der Waals surface area contributed by atoms with E-state index in [2.05, 4.69) is 0 Å². The van der Waals surface area contributed by atoms with Crippen molar-refractivity contribution in [3.8, 4) is 0 Å². The van der Waals surface area contributed by atoms with E-state index in [9.17, 15) is 4.79 Å². The van der Waals surface area contributed by atoms with Crippen molar-refractivity contribution >= 4 is 5.91 Å². The number of fused-ring (bicyclic) bond motifs is 5. The summed E-state index contributed by atoms with van der Waals surface area (Å²) in [6.07, 6.45) is 5.06. The summed E-state index contributed by atoms with van der Waals surface area (Å²) >= 11 is 0. The van der Waals surface area contributed by atoms with E-state index in [-0.39, 0.29) is 11.3 Å². The van der Waals surface area contributed by atoms with Crippen molar-refractivity contribution in [2.24, 2.45) is 28.9 Å². The maximum atomic E-state index is 11.2. The molecule has 0 aliphatic heterocycles. The fourth-order valence-corrected chi connectivity index (χ4v) is 3.70. The average molecular weight is 151 g/mol. The quantitative estimate of drug-likeness (QED) is 0.594. The van der Waals surface area contributed by atoms with E-state index in [0.29, 0.717) is 11.8 Å². The highest BCUT2D eigenvalue weighted by Crippen LogP contribution is 2.74. The lowest BCUT2D eigenvalue weighted by molar-refractivity contribution is -0.125. The van der Waals surface area contributed by atoms with Crippen molar-refractivity contribution in [2.45, 2.75) is 25.7 Å². The molecule has 3 fully saturated rings. The van der Waals surface area contributed by atoms with Gasteiger partial charge < -0.3 is 5.73 Å². The number of primary amides is 1. The van der Waals surface area contributed by atoms with E-state index in [4.69, 9.17) is 5.73 Å². The molecule has 0 heterocycles. The molecule has 2 N–H and O–H groups in total. The average Bonchev–Trinajstić information content (AvgIpc) is 2.50. The lowest BCUT2D eigenvalue weighted by Gasteiger charge is -2.18. The van der Waals surface area contributed by atoms with Crippen molar-refractivity contribution in [3.63, 3.8) is 0 Å². The van der Waals surface area contributed by atoms with Crippen molar-refractivity contribution in [1.82, 2.24) is 0 Å².